The molecule has 0 radical (unpaired) electrons. The number of amides is 1. The Kier molecular flexibility index (Phi) is 5.51. The number of fused-ring (bicyclic) bond motifs is 1. The van der Waals surface area contributed by atoms with Crippen molar-refractivity contribution >= 4 is 23.1 Å². The van der Waals surface area contributed by atoms with Crippen LogP contribution in [0.15, 0.2) is 46.7 Å². The number of aliphatic hydroxyl groups is 1. The number of aryl methyl sites for hydroxylation is 2. The minimum absolute atomic E-state index is 0.0170. The van der Waals surface area contributed by atoms with E-state index in [0.29, 0.717) is 49.1 Å². The summed E-state index contributed by atoms with van der Waals surface area (Å²) in [5, 5.41) is 11.4. The van der Waals surface area contributed by atoms with Crippen LogP contribution in [0.25, 0.3) is 11.4 Å². The summed E-state index contributed by atoms with van der Waals surface area (Å²) in [6, 6.07) is 6.40. The summed E-state index contributed by atoms with van der Waals surface area (Å²) in [5.41, 5.74) is 2.61. The molecule has 2 saturated heterocycles. The first-order valence-corrected chi connectivity index (χ1v) is 11.0. The highest BCUT2D eigenvalue weighted by Crippen LogP contribution is 2.40. The number of ketones is 1. The summed E-state index contributed by atoms with van der Waals surface area (Å²) in [7, 11) is 0. The summed E-state index contributed by atoms with van der Waals surface area (Å²) in [6.45, 7) is 7.47. The highest BCUT2D eigenvalue weighted by atomic mass is 16.5. The molecule has 0 spiro atoms. The summed E-state index contributed by atoms with van der Waals surface area (Å²) in [6.07, 6.45) is 3.29. The average molecular weight is 450 g/mol. The van der Waals surface area contributed by atoms with Gasteiger partial charge in [0.2, 0.25) is 0 Å². The monoisotopic (exact) mass is 450 g/mol. The van der Waals surface area contributed by atoms with Gasteiger partial charge in [-0.05, 0) is 37.6 Å². The Balaban J connectivity index is 1.59. The average Bonchev–Trinajstić information content (AvgIpc) is 3.51. The number of Topliss-reactive ketones (excluding diaryl/α,β-unsaturated/α-hetero) is 1. The summed E-state index contributed by atoms with van der Waals surface area (Å²) in [5.74, 6) is -1.19. The maximum atomic E-state index is 13.2. The van der Waals surface area contributed by atoms with Crippen molar-refractivity contribution in [2.45, 2.75) is 19.9 Å². The molecular formula is C24H26N4O5. The highest BCUT2D eigenvalue weighted by molar-refractivity contribution is 6.46. The van der Waals surface area contributed by atoms with Crippen LogP contribution in [0.5, 0.6) is 0 Å². The minimum atomic E-state index is -0.809. The molecule has 2 fully saturated rings. The predicted octanol–water partition coefficient (Wildman–Crippen LogP) is 2.30. The first kappa shape index (κ1) is 21.4. The topological polar surface area (TPSA) is 101 Å². The zero-order valence-electron chi connectivity index (χ0n) is 18.7. The summed E-state index contributed by atoms with van der Waals surface area (Å²) in [4.78, 5) is 34.6. The molecule has 1 unspecified atom stereocenters. The number of likely N-dealkylation sites (tertiary alicyclic amines) is 1. The number of nitrogens with zero attached hydrogens (tertiary/aromatic N) is 4. The van der Waals surface area contributed by atoms with Crippen LogP contribution in [0.2, 0.25) is 0 Å². The second-order valence-corrected chi connectivity index (χ2v) is 8.39. The van der Waals surface area contributed by atoms with Crippen molar-refractivity contribution in [3.8, 4) is 0 Å². The Morgan fingerprint density at radius 3 is 2.67 bits per heavy atom. The van der Waals surface area contributed by atoms with Crippen LogP contribution in [0.4, 0.5) is 0 Å². The minimum Gasteiger partial charge on any atom is -0.505 e. The first-order chi connectivity index (χ1) is 16.0. The van der Waals surface area contributed by atoms with Crippen molar-refractivity contribution < 1.29 is 23.8 Å². The SMILES string of the molecule is Cc1nc2c(C)cccn2c1/C(O)=C1\C(=O)C(=O)N(CCN2CCOCC2)C1c1ccco1. The molecular weight excluding hydrogens is 424 g/mol. The van der Waals surface area contributed by atoms with Gasteiger partial charge in [0.05, 0.1) is 30.7 Å². The molecule has 0 aromatic carbocycles. The second-order valence-electron chi connectivity index (χ2n) is 8.39. The third-order valence-corrected chi connectivity index (χ3v) is 6.36. The van der Waals surface area contributed by atoms with E-state index in [-0.39, 0.29) is 11.3 Å². The number of rotatable bonds is 5. The molecule has 9 heteroatoms. The zero-order chi connectivity index (χ0) is 23.1. The fourth-order valence-corrected chi connectivity index (χ4v) is 4.66. The molecule has 1 amide bonds. The Bertz CT molecular complexity index is 1240. The van der Waals surface area contributed by atoms with E-state index >= 15 is 0 Å². The molecule has 0 bridgehead atoms. The van der Waals surface area contributed by atoms with Gasteiger partial charge in [0.25, 0.3) is 11.7 Å². The lowest BCUT2D eigenvalue weighted by molar-refractivity contribution is -0.140. The van der Waals surface area contributed by atoms with Crippen molar-refractivity contribution in [2.24, 2.45) is 0 Å². The fourth-order valence-electron chi connectivity index (χ4n) is 4.66. The number of ether oxygens (including phenoxy) is 1. The van der Waals surface area contributed by atoms with E-state index in [1.54, 1.807) is 29.7 Å². The first-order valence-electron chi connectivity index (χ1n) is 11.0. The third-order valence-electron chi connectivity index (χ3n) is 6.36. The highest BCUT2D eigenvalue weighted by Gasteiger charge is 2.47. The van der Waals surface area contributed by atoms with Crippen molar-refractivity contribution in [1.29, 1.82) is 0 Å². The fraction of sp³-hybridized carbons (Fsp3) is 0.375. The van der Waals surface area contributed by atoms with Gasteiger partial charge < -0.3 is 19.2 Å². The van der Waals surface area contributed by atoms with E-state index < -0.39 is 17.7 Å². The van der Waals surface area contributed by atoms with E-state index in [1.807, 2.05) is 19.1 Å². The molecule has 33 heavy (non-hydrogen) atoms. The smallest absolute Gasteiger partial charge is 0.295 e. The predicted molar refractivity (Wildman–Crippen MR) is 120 cm³/mol. The molecule has 1 N–H and O–H groups in total. The van der Waals surface area contributed by atoms with E-state index in [1.165, 1.54) is 11.2 Å². The van der Waals surface area contributed by atoms with Gasteiger partial charge in [-0.1, -0.05) is 6.07 Å². The lowest BCUT2D eigenvalue weighted by atomic mass is 10.0. The molecule has 5 heterocycles. The van der Waals surface area contributed by atoms with Gasteiger partial charge >= 0.3 is 0 Å². The Hall–Kier alpha value is -3.43. The van der Waals surface area contributed by atoms with E-state index in [4.69, 9.17) is 9.15 Å². The molecule has 0 saturated carbocycles. The van der Waals surface area contributed by atoms with Crippen LogP contribution >= 0.6 is 0 Å². The largest absolute Gasteiger partial charge is 0.505 e. The maximum Gasteiger partial charge on any atom is 0.295 e. The zero-order valence-corrected chi connectivity index (χ0v) is 18.7. The Morgan fingerprint density at radius 1 is 1.15 bits per heavy atom. The number of hydrogen-bond acceptors (Lipinski definition) is 7. The molecule has 0 aliphatic carbocycles. The van der Waals surface area contributed by atoms with E-state index in [9.17, 15) is 14.7 Å². The van der Waals surface area contributed by atoms with Crippen molar-refractivity contribution in [1.82, 2.24) is 19.2 Å². The molecule has 1 atom stereocenters. The number of hydrogen-bond donors (Lipinski definition) is 1. The van der Waals surface area contributed by atoms with Gasteiger partial charge in [-0.25, -0.2) is 4.98 Å². The number of imidazole rings is 1. The van der Waals surface area contributed by atoms with Gasteiger partial charge in [-0.15, -0.1) is 0 Å². The molecule has 2 aliphatic rings. The lowest BCUT2D eigenvalue weighted by Gasteiger charge is -2.30. The molecule has 172 valence electrons. The molecule has 3 aromatic rings. The quantitative estimate of drug-likeness (QED) is 0.362. The van der Waals surface area contributed by atoms with Crippen LogP contribution in [-0.2, 0) is 14.3 Å². The number of aromatic nitrogens is 2. The number of morpholine rings is 1. The van der Waals surface area contributed by atoms with Crippen LogP contribution in [-0.4, -0.2) is 75.4 Å². The number of carbonyl (C=O) groups excluding carboxylic acids is 2. The normalized spacial score (nSPS) is 21.4. The van der Waals surface area contributed by atoms with Crippen molar-refractivity contribution in [2.75, 3.05) is 39.4 Å². The molecule has 9 nitrogen and oxygen atoms in total. The van der Waals surface area contributed by atoms with Gasteiger partial charge in [-0.2, -0.15) is 0 Å². The van der Waals surface area contributed by atoms with Crippen molar-refractivity contribution in [3.63, 3.8) is 0 Å². The van der Waals surface area contributed by atoms with Crippen LogP contribution < -0.4 is 0 Å². The number of furan rings is 1. The second kappa shape index (κ2) is 8.49. The van der Waals surface area contributed by atoms with Gasteiger partial charge in [-0.3, -0.25) is 18.9 Å². The summed E-state index contributed by atoms with van der Waals surface area (Å²) >= 11 is 0. The van der Waals surface area contributed by atoms with Gasteiger partial charge in [0.15, 0.2) is 5.76 Å². The number of pyridine rings is 1. The third kappa shape index (κ3) is 3.63. The molecule has 2 aliphatic heterocycles. The Morgan fingerprint density at radius 2 is 1.94 bits per heavy atom. The van der Waals surface area contributed by atoms with Crippen LogP contribution in [0, 0.1) is 13.8 Å². The van der Waals surface area contributed by atoms with Gasteiger partial charge in [0.1, 0.15) is 23.1 Å². The lowest BCUT2D eigenvalue weighted by Crippen LogP contribution is -2.42. The van der Waals surface area contributed by atoms with Gasteiger partial charge in [0, 0.05) is 32.4 Å². The maximum absolute atomic E-state index is 13.2. The van der Waals surface area contributed by atoms with E-state index in [2.05, 4.69) is 9.88 Å². The molecule has 3 aromatic heterocycles. The van der Waals surface area contributed by atoms with Crippen LogP contribution in [0.3, 0.4) is 0 Å². The summed E-state index contributed by atoms with van der Waals surface area (Å²) < 4.78 is 12.8. The van der Waals surface area contributed by atoms with Crippen LogP contribution in [0.1, 0.15) is 28.8 Å². The van der Waals surface area contributed by atoms with Crippen molar-refractivity contribution in [3.05, 3.63) is 65.0 Å². The van der Waals surface area contributed by atoms with E-state index in [0.717, 1.165) is 18.7 Å². The Labute approximate surface area is 190 Å². The molecule has 5 rings (SSSR count). The number of aliphatic hydroxyl groups excluding tert-OH is 1. The number of carbonyl (C=O) groups is 2. The standard InChI is InChI=1S/C24H26N4O5/c1-15-5-3-7-27-19(16(2)25-23(15)27)21(29)18-20(17-6-4-12-33-17)28(24(31)22(18)30)9-8-26-10-13-32-14-11-26/h3-7,12,20,29H,8-11,13-14H2,1-2H3/b21-18+.